The number of carbonyl (C=O) groups excluding carboxylic acids is 1. The lowest BCUT2D eigenvalue weighted by Crippen LogP contribution is -2.55. The predicted octanol–water partition coefficient (Wildman–Crippen LogP) is 2.44. The van der Waals surface area contributed by atoms with Crippen LogP contribution in [0.25, 0.3) is 0 Å². The zero-order chi connectivity index (χ0) is 12.6. The lowest BCUT2D eigenvalue weighted by Gasteiger charge is -2.35. The van der Waals surface area contributed by atoms with Crippen LogP contribution in [0.1, 0.15) is 64.2 Å². The van der Waals surface area contributed by atoms with E-state index < -0.39 is 5.54 Å². The number of rotatable bonds is 2. The van der Waals surface area contributed by atoms with Crippen molar-refractivity contribution in [1.29, 1.82) is 0 Å². The van der Waals surface area contributed by atoms with Gasteiger partial charge in [0.1, 0.15) is 0 Å². The van der Waals surface area contributed by atoms with Crippen LogP contribution < -0.4 is 5.73 Å². The fourth-order valence-electron chi connectivity index (χ4n) is 4.38. The first-order valence-electron chi connectivity index (χ1n) is 7.81. The van der Waals surface area contributed by atoms with Crippen LogP contribution >= 0.6 is 0 Å². The molecule has 2 aliphatic carbocycles. The van der Waals surface area contributed by atoms with Gasteiger partial charge < -0.3 is 10.6 Å². The van der Waals surface area contributed by atoms with Crippen molar-refractivity contribution >= 4 is 5.91 Å². The van der Waals surface area contributed by atoms with Crippen molar-refractivity contribution in [3.8, 4) is 0 Å². The van der Waals surface area contributed by atoms with Crippen LogP contribution in [0, 0.1) is 5.92 Å². The summed E-state index contributed by atoms with van der Waals surface area (Å²) >= 11 is 0. The topological polar surface area (TPSA) is 46.3 Å². The van der Waals surface area contributed by atoms with Gasteiger partial charge in [0.05, 0.1) is 5.54 Å². The van der Waals surface area contributed by atoms with Gasteiger partial charge in [-0.1, -0.05) is 25.7 Å². The number of nitrogens with zero attached hydrogens (tertiary/aromatic N) is 1. The summed E-state index contributed by atoms with van der Waals surface area (Å²) in [4.78, 5) is 14.9. The quantitative estimate of drug-likeness (QED) is 0.818. The van der Waals surface area contributed by atoms with Gasteiger partial charge in [-0.05, 0) is 44.4 Å². The average Bonchev–Trinajstić information content (AvgIpc) is 3.09. The number of nitrogens with two attached hydrogens (primary N) is 1. The van der Waals surface area contributed by atoms with Crippen LogP contribution in [0.5, 0.6) is 0 Å². The van der Waals surface area contributed by atoms with Gasteiger partial charge >= 0.3 is 0 Å². The highest BCUT2D eigenvalue weighted by atomic mass is 16.2. The van der Waals surface area contributed by atoms with Crippen LogP contribution in [0.3, 0.4) is 0 Å². The Morgan fingerprint density at radius 3 is 2.33 bits per heavy atom. The molecule has 0 bridgehead atoms. The summed E-state index contributed by atoms with van der Waals surface area (Å²) in [5.74, 6) is 1.04. The third-order valence-electron chi connectivity index (χ3n) is 5.43. The van der Waals surface area contributed by atoms with Crippen LogP contribution in [-0.4, -0.2) is 28.9 Å². The molecular formula is C15H26N2O. The Morgan fingerprint density at radius 1 is 1.00 bits per heavy atom. The molecule has 1 saturated heterocycles. The first-order valence-corrected chi connectivity index (χ1v) is 7.81. The highest BCUT2D eigenvalue weighted by molar-refractivity contribution is 5.87. The van der Waals surface area contributed by atoms with Crippen molar-refractivity contribution in [3.63, 3.8) is 0 Å². The summed E-state index contributed by atoms with van der Waals surface area (Å²) in [6.07, 6.45) is 11.8. The number of hydrogen-bond donors (Lipinski definition) is 1. The fourth-order valence-corrected chi connectivity index (χ4v) is 4.38. The summed E-state index contributed by atoms with van der Waals surface area (Å²) in [6, 6.07) is 0.515. The minimum Gasteiger partial charge on any atom is -0.338 e. The maximum Gasteiger partial charge on any atom is 0.242 e. The molecule has 2 saturated carbocycles. The lowest BCUT2D eigenvalue weighted by atomic mass is 9.92. The minimum atomic E-state index is -0.513. The molecule has 1 atom stereocenters. The third kappa shape index (κ3) is 2.07. The Kier molecular flexibility index (Phi) is 3.35. The van der Waals surface area contributed by atoms with Gasteiger partial charge in [-0.3, -0.25) is 4.79 Å². The minimum absolute atomic E-state index is 0.273. The van der Waals surface area contributed by atoms with Gasteiger partial charge in [0, 0.05) is 12.6 Å². The average molecular weight is 250 g/mol. The zero-order valence-corrected chi connectivity index (χ0v) is 11.4. The van der Waals surface area contributed by atoms with E-state index in [4.69, 9.17) is 5.73 Å². The van der Waals surface area contributed by atoms with Gasteiger partial charge in [0.25, 0.3) is 0 Å². The van der Waals surface area contributed by atoms with Gasteiger partial charge in [-0.15, -0.1) is 0 Å². The summed E-state index contributed by atoms with van der Waals surface area (Å²) in [6.45, 7) is 0.957. The molecule has 2 N–H and O–H groups in total. The second-order valence-corrected chi connectivity index (χ2v) is 6.62. The molecule has 3 rings (SSSR count). The van der Waals surface area contributed by atoms with Crippen molar-refractivity contribution in [2.24, 2.45) is 11.7 Å². The molecule has 1 heterocycles. The molecule has 1 aliphatic heterocycles. The number of likely N-dealkylation sites (tertiary alicyclic amines) is 1. The number of hydrogen-bond acceptors (Lipinski definition) is 2. The van der Waals surface area contributed by atoms with Gasteiger partial charge in [-0.25, -0.2) is 0 Å². The molecule has 0 radical (unpaired) electrons. The molecular weight excluding hydrogens is 224 g/mol. The Morgan fingerprint density at radius 2 is 1.67 bits per heavy atom. The molecule has 102 valence electrons. The van der Waals surface area contributed by atoms with E-state index in [0.29, 0.717) is 6.04 Å². The van der Waals surface area contributed by atoms with E-state index in [1.54, 1.807) is 0 Å². The highest BCUT2D eigenvalue weighted by Gasteiger charge is 2.44. The maximum absolute atomic E-state index is 12.7. The molecule has 3 fully saturated rings. The SMILES string of the molecule is NC1(C(=O)N2CCCC2C2CCCC2)CCCC1. The van der Waals surface area contributed by atoms with Gasteiger partial charge in [0.2, 0.25) is 5.91 Å². The summed E-state index contributed by atoms with van der Waals surface area (Å²) in [5, 5.41) is 0. The standard InChI is InChI=1S/C15H26N2O/c16-15(9-3-4-10-15)14(18)17-11-5-8-13(17)12-6-1-2-7-12/h12-13H,1-11,16H2. The summed E-state index contributed by atoms with van der Waals surface area (Å²) in [7, 11) is 0. The molecule has 1 unspecified atom stereocenters. The van der Waals surface area contributed by atoms with Crippen molar-refractivity contribution in [2.75, 3.05) is 6.54 Å². The van der Waals surface area contributed by atoms with Crippen LogP contribution in [-0.2, 0) is 4.79 Å². The van der Waals surface area contributed by atoms with Gasteiger partial charge in [-0.2, -0.15) is 0 Å². The first kappa shape index (κ1) is 12.5. The summed E-state index contributed by atoms with van der Waals surface area (Å²) < 4.78 is 0. The van der Waals surface area contributed by atoms with E-state index in [1.807, 2.05) is 0 Å². The van der Waals surface area contributed by atoms with Crippen molar-refractivity contribution < 1.29 is 4.79 Å². The number of carbonyl (C=O) groups is 1. The molecule has 3 aliphatic rings. The molecule has 3 nitrogen and oxygen atoms in total. The molecule has 0 aromatic heterocycles. The number of amides is 1. The second-order valence-electron chi connectivity index (χ2n) is 6.62. The van der Waals surface area contributed by atoms with E-state index in [0.717, 1.165) is 38.1 Å². The lowest BCUT2D eigenvalue weighted by molar-refractivity contribution is -0.138. The molecule has 1 amide bonds. The van der Waals surface area contributed by atoms with Crippen molar-refractivity contribution in [3.05, 3.63) is 0 Å². The second kappa shape index (κ2) is 4.84. The smallest absolute Gasteiger partial charge is 0.242 e. The van der Waals surface area contributed by atoms with Crippen LogP contribution in [0.15, 0.2) is 0 Å². The van der Waals surface area contributed by atoms with Crippen LogP contribution in [0.2, 0.25) is 0 Å². The monoisotopic (exact) mass is 250 g/mol. The van der Waals surface area contributed by atoms with E-state index in [9.17, 15) is 4.79 Å². The summed E-state index contributed by atoms with van der Waals surface area (Å²) in [5.41, 5.74) is 5.84. The van der Waals surface area contributed by atoms with E-state index in [2.05, 4.69) is 4.90 Å². The Hall–Kier alpha value is -0.570. The molecule has 0 aromatic rings. The highest BCUT2D eigenvalue weighted by Crippen LogP contribution is 2.38. The Bertz CT molecular complexity index is 316. The fraction of sp³-hybridized carbons (Fsp3) is 0.933. The van der Waals surface area contributed by atoms with E-state index in [1.165, 1.54) is 38.5 Å². The zero-order valence-electron chi connectivity index (χ0n) is 11.4. The normalized spacial score (nSPS) is 32.3. The van der Waals surface area contributed by atoms with E-state index in [-0.39, 0.29) is 5.91 Å². The Labute approximate surface area is 110 Å². The first-order chi connectivity index (χ1) is 8.71. The van der Waals surface area contributed by atoms with Crippen molar-refractivity contribution in [1.82, 2.24) is 4.90 Å². The Balaban J connectivity index is 1.71. The van der Waals surface area contributed by atoms with Crippen LogP contribution in [0.4, 0.5) is 0 Å². The molecule has 0 aromatic carbocycles. The maximum atomic E-state index is 12.7. The van der Waals surface area contributed by atoms with Gasteiger partial charge in [0.15, 0.2) is 0 Å². The molecule has 3 heteroatoms. The molecule has 18 heavy (non-hydrogen) atoms. The third-order valence-corrected chi connectivity index (χ3v) is 5.43. The van der Waals surface area contributed by atoms with E-state index >= 15 is 0 Å². The molecule has 0 spiro atoms. The predicted molar refractivity (Wildman–Crippen MR) is 72.1 cm³/mol. The largest absolute Gasteiger partial charge is 0.338 e. The van der Waals surface area contributed by atoms with Crippen molar-refractivity contribution in [2.45, 2.75) is 75.8 Å².